The summed E-state index contributed by atoms with van der Waals surface area (Å²) in [5.74, 6) is -0.397. The van der Waals surface area contributed by atoms with E-state index in [0.717, 1.165) is 42.7 Å². The Hall–Kier alpha value is -2.76. The number of ether oxygens (including phenoxy) is 1. The maximum absolute atomic E-state index is 11.6. The maximum Gasteiger partial charge on any atom is 0.247 e. The summed E-state index contributed by atoms with van der Waals surface area (Å²) in [6, 6.07) is 15.4. The predicted octanol–water partition coefficient (Wildman–Crippen LogP) is 3.39. The average Bonchev–Trinajstić information content (AvgIpc) is 3.19. The molecule has 1 atom stereocenters. The smallest absolute Gasteiger partial charge is 0.247 e. The van der Waals surface area contributed by atoms with E-state index in [0.29, 0.717) is 13.2 Å². The number of pyridine rings is 1. The van der Waals surface area contributed by atoms with Crippen LogP contribution in [0.2, 0.25) is 0 Å². The van der Waals surface area contributed by atoms with Crippen LogP contribution in [0.3, 0.4) is 0 Å². The number of aryl methyl sites for hydroxylation is 3. The van der Waals surface area contributed by atoms with Gasteiger partial charge < -0.3 is 10.5 Å². The molecule has 1 aliphatic carbocycles. The molecule has 1 fully saturated rings. The fourth-order valence-corrected chi connectivity index (χ4v) is 4.71. The van der Waals surface area contributed by atoms with Gasteiger partial charge in [0.1, 0.15) is 6.10 Å². The zero-order valence-electron chi connectivity index (χ0n) is 17.4. The molecular weight excluding hydrogens is 374 g/mol. The molecule has 3 aromatic rings. The van der Waals surface area contributed by atoms with Crippen LogP contribution >= 0.6 is 0 Å². The Bertz CT molecular complexity index is 1120. The van der Waals surface area contributed by atoms with Gasteiger partial charge in [-0.1, -0.05) is 23.8 Å². The lowest BCUT2D eigenvalue weighted by atomic mass is 9.99. The largest absolute Gasteiger partial charge is 0.367 e. The number of fused-ring (bicyclic) bond motifs is 2. The molecule has 0 unspecified atom stereocenters. The highest BCUT2D eigenvalue weighted by Gasteiger charge is 2.26. The van der Waals surface area contributed by atoms with Gasteiger partial charge in [0.25, 0.3) is 0 Å². The first-order chi connectivity index (χ1) is 14.6. The van der Waals surface area contributed by atoms with Crippen LogP contribution in [-0.4, -0.2) is 41.6 Å². The molecule has 154 valence electrons. The van der Waals surface area contributed by atoms with Crippen molar-refractivity contribution in [3.8, 4) is 11.3 Å². The number of hydrogen-bond donors (Lipinski definition) is 1. The molecule has 0 radical (unpaired) electrons. The SMILES string of the molecule is Cc1cccc(-c2nc3cc4c(cc3cc2CN2CCO[C@@H](C(N)=O)C2)CCC4)c1. The molecule has 0 bridgehead atoms. The van der Waals surface area contributed by atoms with Crippen molar-refractivity contribution < 1.29 is 9.53 Å². The number of nitrogens with two attached hydrogens (primary N) is 1. The van der Waals surface area contributed by atoms with Crippen molar-refractivity contribution in [2.75, 3.05) is 19.7 Å². The van der Waals surface area contributed by atoms with E-state index in [2.05, 4.69) is 54.3 Å². The molecular formula is C25H27N3O2. The fraction of sp³-hybridized carbons (Fsp3) is 0.360. The van der Waals surface area contributed by atoms with Gasteiger partial charge in [-0.3, -0.25) is 9.69 Å². The number of hydrogen-bond acceptors (Lipinski definition) is 4. The summed E-state index contributed by atoms with van der Waals surface area (Å²) in [7, 11) is 0. The molecule has 1 saturated heterocycles. The zero-order chi connectivity index (χ0) is 20.7. The molecule has 1 amide bonds. The molecule has 5 nitrogen and oxygen atoms in total. The van der Waals surface area contributed by atoms with Crippen molar-refractivity contribution in [2.45, 2.75) is 38.8 Å². The van der Waals surface area contributed by atoms with E-state index in [4.69, 9.17) is 15.5 Å². The maximum atomic E-state index is 11.6. The summed E-state index contributed by atoms with van der Waals surface area (Å²) in [6.45, 7) is 4.64. The monoisotopic (exact) mass is 401 g/mol. The molecule has 2 aliphatic rings. The number of carbonyl (C=O) groups is 1. The molecule has 2 heterocycles. The van der Waals surface area contributed by atoms with E-state index in [1.54, 1.807) is 0 Å². The molecule has 1 aliphatic heterocycles. The topological polar surface area (TPSA) is 68.5 Å². The van der Waals surface area contributed by atoms with Crippen LogP contribution in [0.25, 0.3) is 22.2 Å². The number of benzene rings is 2. The van der Waals surface area contributed by atoms with Crippen molar-refractivity contribution in [1.82, 2.24) is 9.88 Å². The third-order valence-corrected chi connectivity index (χ3v) is 6.26. The minimum atomic E-state index is -0.544. The molecule has 1 aromatic heterocycles. The summed E-state index contributed by atoms with van der Waals surface area (Å²) < 4.78 is 5.53. The Balaban J connectivity index is 1.58. The van der Waals surface area contributed by atoms with Gasteiger partial charge in [-0.15, -0.1) is 0 Å². The summed E-state index contributed by atoms with van der Waals surface area (Å²) >= 11 is 0. The average molecular weight is 402 g/mol. The number of rotatable bonds is 4. The normalized spacial score (nSPS) is 19.2. The van der Waals surface area contributed by atoms with Crippen molar-refractivity contribution >= 4 is 16.8 Å². The lowest BCUT2D eigenvalue weighted by molar-refractivity contribution is -0.135. The Morgan fingerprint density at radius 1 is 1.20 bits per heavy atom. The van der Waals surface area contributed by atoms with Crippen LogP contribution in [0.4, 0.5) is 0 Å². The first-order valence-electron chi connectivity index (χ1n) is 10.7. The van der Waals surface area contributed by atoms with E-state index < -0.39 is 12.0 Å². The first kappa shape index (κ1) is 19.2. The predicted molar refractivity (Wildman–Crippen MR) is 118 cm³/mol. The van der Waals surface area contributed by atoms with Gasteiger partial charge in [0.2, 0.25) is 5.91 Å². The Labute approximate surface area is 176 Å². The van der Waals surface area contributed by atoms with Crippen molar-refractivity contribution in [2.24, 2.45) is 5.73 Å². The highest BCUT2D eigenvalue weighted by atomic mass is 16.5. The Morgan fingerprint density at radius 3 is 2.83 bits per heavy atom. The van der Waals surface area contributed by atoms with Crippen molar-refractivity contribution in [1.29, 1.82) is 0 Å². The number of carbonyl (C=O) groups excluding carboxylic acids is 1. The minimum absolute atomic E-state index is 0.397. The zero-order valence-corrected chi connectivity index (χ0v) is 17.4. The van der Waals surface area contributed by atoms with Crippen LogP contribution < -0.4 is 5.73 Å². The van der Waals surface area contributed by atoms with Gasteiger partial charge in [0.15, 0.2) is 0 Å². The second-order valence-corrected chi connectivity index (χ2v) is 8.53. The Morgan fingerprint density at radius 2 is 2.03 bits per heavy atom. The molecule has 2 aromatic carbocycles. The number of primary amides is 1. The standard InChI is InChI=1S/C25H27N3O2/c1-16-4-2-7-19(10-16)24-21(14-28-8-9-30-23(15-28)25(26)29)12-20-11-17-5-3-6-18(17)13-22(20)27-24/h2,4,7,10-13,23H,3,5-6,8-9,14-15H2,1H3,(H2,26,29)/t23-/m1/s1. The molecule has 0 saturated carbocycles. The van der Waals surface area contributed by atoms with E-state index in [9.17, 15) is 4.79 Å². The lowest BCUT2D eigenvalue weighted by Crippen LogP contribution is -2.47. The quantitative estimate of drug-likeness (QED) is 0.728. The molecule has 0 spiro atoms. The second kappa shape index (κ2) is 7.82. The van der Waals surface area contributed by atoms with E-state index in [1.165, 1.54) is 34.1 Å². The summed E-state index contributed by atoms with van der Waals surface area (Å²) in [4.78, 5) is 19.0. The van der Waals surface area contributed by atoms with E-state index in [-0.39, 0.29) is 0 Å². The minimum Gasteiger partial charge on any atom is -0.367 e. The second-order valence-electron chi connectivity index (χ2n) is 8.53. The molecule has 5 rings (SSSR count). The van der Waals surface area contributed by atoms with Crippen molar-refractivity contribution in [3.05, 3.63) is 64.7 Å². The van der Waals surface area contributed by atoms with Crippen LogP contribution in [0.1, 0.15) is 28.7 Å². The van der Waals surface area contributed by atoms with Gasteiger partial charge in [0.05, 0.1) is 17.8 Å². The molecule has 2 N–H and O–H groups in total. The van der Waals surface area contributed by atoms with E-state index >= 15 is 0 Å². The summed E-state index contributed by atoms with van der Waals surface area (Å²) in [5, 5.41) is 1.20. The first-order valence-corrected chi connectivity index (χ1v) is 10.7. The number of morpholine rings is 1. The number of amides is 1. The number of nitrogens with zero attached hydrogens (tertiary/aromatic N) is 2. The summed E-state index contributed by atoms with van der Waals surface area (Å²) in [6.07, 6.45) is 2.99. The van der Waals surface area contributed by atoms with Gasteiger partial charge in [0, 0.05) is 30.6 Å². The van der Waals surface area contributed by atoms with Gasteiger partial charge in [-0.25, -0.2) is 4.98 Å². The van der Waals surface area contributed by atoms with Gasteiger partial charge >= 0.3 is 0 Å². The Kier molecular flexibility index (Phi) is 5.01. The van der Waals surface area contributed by atoms with Gasteiger partial charge in [-0.2, -0.15) is 0 Å². The van der Waals surface area contributed by atoms with E-state index in [1.807, 2.05) is 0 Å². The third-order valence-electron chi connectivity index (χ3n) is 6.26. The van der Waals surface area contributed by atoms with Crippen LogP contribution in [-0.2, 0) is 28.9 Å². The van der Waals surface area contributed by atoms with Crippen LogP contribution in [0.15, 0.2) is 42.5 Å². The molecule has 30 heavy (non-hydrogen) atoms. The van der Waals surface area contributed by atoms with Gasteiger partial charge in [-0.05, 0) is 67.1 Å². The lowest BCUT2D eigenvalue weighted by Gasteiger charge is -2.31. The van der Waals surface area contributed by atoms with Crippen LogP contribution in [0, 0.1) is 6.92 Å². The number of aromatic nitrogens is 1. The molecule has 5 heteroatoms. The van der Waals surface area contributed by atoms with Crippen LogP contribution in [0.5, 0.6) is 0 Å². The van der Waals surface area contributed by atoms with Crippen molar-refractivity contribution in [3.63, 3.8) is 0 Å². The highest BCUT2D eigenvalue weighted by molar-refractivity contribution is 5.85. The highest BCUT2D eigenvalue weighted by Crippen LogP contribution is 2.32. The summed E-state index contributed by atoms with van der Waals surface area (Å²) in [5.41, 5.74) is 14.0. The third kappa shape index (κ3) is 3.71. The fourth-order valence-electron chi connectivity index (χ4n) is 4.71.